The quantitative estimate of drug-likeness (QED) is 0.324. The Kier molecular flexibility index (Phi) is 5.82. The Labute approximate surface area is 178 Å². The Hall–Kier alpha value is -1.61. The first-order valence-electron chi connectivity index (χ1n) is 9.50. The normalized spacial score (nSPS) is 32.6. The van der Waals surface area contributed by atoms with Crippen LogP contribution in [0.4, 0.5) is 26.3 Å². The van der Waals surface area contributed by atoms with Crippen LogP contribution in [0.5, 0.6) is 0 Å². The number of aliphatic hydroxyl groups is 1. The second-order valence-electron chi connectivity index (χ2n) is 9.07. The zero-order valence-corrected chi connectivity index (χ0v) is 17.1. The van der Waals surface area contributed by atoms with Gasteiger partial charge in [0, 0.05) is 5.41 Å². The van der Waals surface area contributed by atoms with Crippen LogP contribution in [0.25, 0.3) is 0 Å². The highest BCUT2D eigenvalue weighted by atomic mass is 32.2. The molecule has 0 aromatic rings. The van der Waals surface area contributed by atoms with Gasteiger partial charge in [-0.3, -0.25) is 4.55 Å². The van der Waals surface area contributed by atoms with Crippen molar-refractivity contribution >= 4 is 22.1 Å². The van der Waals surface area contributed by atoms with Gasteiger partial charge in [0.05, 0.1) is 12.2 Å². The van der Waals surface area contributed by atoms with Crippen molar-refractivity contribution in [3.63, 3.8) is 0 Å². The van der Waals surface area contributed by atoms with Crippen LogP contribution in [-0.4, -0.2) is 65.9 Å². The van der Waals surface area contributed by atoms with E-state index in [1.165, 1.54) is 0 Å². The largest absolute Gasteiger partial charge is 0.463 e. The average Bonchev–Trinajstić information content (AvgIpc) is 2.52. The van der Waals surface area contributed by atoms with Crippen molar-refractivity contribution < 1.29 is 63.5 Å². The number of rotatable bonds is 6. The summed E-state index contributed by atoms with van der Waals surface area (Å²) in [6.07, 6.45) is -10.0. The Morgan fingerprint density at radius 2 is 1.44 bits per heavy atom. The molecule has 2 N–H and O–H groups in total. The second kappa shape index (κ2) is 7.45. The molecule has 32 heavy (non-hydrogen) atoms. The van der Waals surface area contributed by atoms with E-state index in [2.05, 4.69) is 4.74 Å². The second-order valence-corrected chi connectivity index (χ2v) is 10.6. The fourth-order valence-corrected chi connectivity index (χ4v) is 6.72. The molecule has 0 radical (unpaired) electrons. The van der Waals surface area contributed by atoms with Crippen LogP contribution in [0.1, 0.15) is 38.5 Å². The SMILES string of the molecule is O=C(COC(=O)C(C(F)(F)F)(C(F)(F)F)S(=O)(=O)O)OCC12CC3CC(CC(O)(C3)C1)C2. The highest BCUT2D eigenvalue weighted by Crippen LogP contribution is 2.61. The fourth-order valence-electron chi connectivity index (χ4n) is 5.86. The minimum Gasteiger partial charge on any atom is -0.463 e. The topological polar surface area (TPSA) is 127 Å². The summed E-state index contributed by atoms with van der Waals surface area (Å²) < 4.78 is 111. The number of alkyl halides is 6. The molecule has 0 aromatic heterocycles. The van der Waals surface area contributed by atoms with Crippen molar-refractivity contribution in [2.75, 3.05) is 13.2 Å². The molecule has 4 aliphatic carbocycles. The highest BCUT2D eigenvalue weighted by molar-refractivity contribution is 7.88. The van der Waals surface area contributed by atoms with Gasteiger partial charge >= 0.3 is 39.2 Å². The standard InChI is InChI=1S/C17H20F6O8S/c18-16(19,20)15(17(21,22)23,32(27,28)29)12(25)30-6-11(24)31-8-13-2-9-1-10(3-13)5-14(26,4-9)7-13/h9-10,26H,1-8H2,(H,27,28,29). The fraction of sp³-hybridized carbons (Fsp3) is 0.882. The van der Waals surface area contributed by atoms with Crippen molar-refractivity contribution in [3.8, 4) is 0 Å². The van der Waals surface area contributed by atoms with Crippen LogP contribution >= 0.6 is 0 Å². The Bertz CT molecular complexity index is 868. The zero-order chi connectivity index (χ0) is 24.4. The monoisotopic (exact) mass is 498 g/mol. The number of hydrogen-bond acceptors (Lipinski definition) is 7. The van der Waals surface area contributed by atoms with Crippen LogP contribution in [0.2, 0.25) is 0 Å². The molecule has 15 heteroatoms. The van der Waals surface area contributed by atoms with Crippen LogP contribution in [0.15, 0.2) is 0 Å². The third-order valence-corrected chi connectivity index (χ3v) is 7.89. The van der Waals surface area contributed by atoms with Gasteiger partial charge in [0.1, 0.15) is 0 Å². The van der Waals surface area contributed by atoms with E-state index in [-0.39, 0.29) is 18.4 Å². The van der Waals surface area contributed by atoms with Gasteiger partial charge < -0.3 is 14.6 Å². The van der Waals surface area contributed by atoms with E-state index in [1.54, 1.807) is 0 Å². The molecule has 184 valence electrons. The Morgan fingerprint density at radius 1 is 0.938 bits per heavy atom. The van der Waals surface area contributed by atoms with Crippen LogP contribution in [-0.2, 0) is 29.2 Å². The molecule has 4 saturated carbocycles. The molecule has 8 nitrogen and oxygen atoms in total. The van der Waals surface area contributed by atoms with Crippen LogP contribution < -0.4 is 0 Å². The van der Waals surface area contributed by atoms with Gasteiger partial charge in [0.2, 0.25) is 0 Å². The van der Waals surface area contributed by atoms with Crippen molar-refractivity contribution in [2.24, 2.45) is 17.3 Å². The number of carbonyl (C=O) groups excluding carboxylic acids is 2. The Morgan fingerprint density at radius 3 is 1.84 bits per heavy atom. The molecule has 0 spiro atoms. The smallest absolute Gasteiger partial charge is 0.430 e. The average molecular weight is 498 g/mol. The predicted molar refractivity (Wildman–Crippen MR) is 90.4 cm³/mol. The van der Waals surface area contributed by atoms with E-state index in [4.69, 9.17) is 9.29 Å². The van der Waals surface area contributed by atoms with Gasteiger partial charge in [-0.15, -0.1) is 0 Å². The minimum absolute atomic E-state index is 0.201. The molecule has 4 fully saturated rings. The molecule has 0 heterocycles. The molecule has 4 rings (SSSR count). The highest BCUT2D eigenvalue weighted by Gasteiger charge is 2.85. The molecule has 0 saturated heterocycles. The van der Waals surface area contributed by atoms with Gasteiger partial charge in [-0.05, 0) is 50.4 Å². The van der Waals surface area contributed by atoms with E-state index < -0.39 is 56.8 Å². The zero-order valence-electron chi connectivity index (χ0n) is 16.3. The molecule has 0 aliphatic heterocycles. The molecule has 2 unspecified atom stereocenters. The predicted octanol–water partition coefficient (Wildman–Crippen LogP) is 2.16. The first kappa shape index (κ1) is 25.0. The molecule has 2 atom stereocenters. The molecule has 4 aliphatic rings. The first-order chi connectivity index (χ1) is 14.3. The summed E-state index contributed by atoms with van der Waals surface area (Å²) in [7, 11) is -7.14. The maximum Gasteiger partial charge on any atom is 0.430 e. The first-order valence-corrected chi connectivity index (χ1v) is 10.9. The number of carbonyl (C=O) groups is 2. The minimum atomic E-state index is -7.14. The van der Waals surface area contributed by atoms with E-state index in [1.807, 2.05) is 0 Å². The van der Waals surface area contributed by atoms with Gasteiger partial charge in [-0.1, -0.05) is 0 Å². The van der Waals surface area contributed by atoms with Crippen LogP contribution in [0, 0.1) is 17.3 Å². The summed E-state index contributed by atoms with van der Waals surface area (Å²) in [4.78, 5) is 23.5. The summed E-state index contributed by atoms with van der Waals surface area (Å²) in [5.41, 5.74) is -1.52. The van der Waals surface area contributed by atoms with Crippen molar-refractivity contribution in [2.45, 2.75) is 61.2 Å². The van der Waals surface area contributed by atoms with Gasteiger partial charge in [-0.2, -0.15) is 34.8 Å². The lowest BCUT2D eigenvalue weighted by atomic mass is 9.48. The molecular weight excluding hydrogens is 478 g/mol. The Balaban J connectivity index is 1.67. The summed E-state index contributed by atoms with van der Waals surface area (Å²) in [5.74, 6) is -4.53. The number of hydrogen-bond donors (Lipinski definition) is 2. The number of ether oxygens (including phenoxy) is 2. The lowest BCUT2D eigenvalue weighted by molar-refractivity contribution is -0.268. The summed E-state index contributed by atoms with van der Waals surface area (Å²) in [5, 5.41) is 10.6. The number of esters is 2. The summed E-state index contributed by atoms with van der Waals surface area (Å²) >= 11 is 0. The van der Waals surface area contributed by atoms with E-state index in [0.717, 1.165) is 6.42 Å². The number of halogens is 6. The van der Waals surface area contributed by atoms with Crippen molar-refractivity contribution in [1.82, 2.24) is 0 Å². The van der Waals surface area contributed by atoms with Gasteiger partial charge in [-0.25, -0.2) is 9.59 Å². The van der Waals surface area contributed by atoms with Crippen LogP contribution in [0.3, 0.4) is 0 Å². The summed E-state index contributed by atoms with van der Waals surface area (Å²) in [6.45, 7) is -2.03. The van der Waals surface area contributed by atoms with E-state index in [9.17, 15) is 49.5 Å². The lowest BCUT2D eigenvalue weighted by Crippen LogP contribution is -2.67. The molecule has 0 aromatic carbocycles. The van der Waals surface area contributed by atoms with Gasteiger partial charge in [0.25, 0.3) is 0 Å². The molecule has 0 amide bonds. The van der Waals surface area contributed by atoms with E-state index in [0.29, 0.717) is 32.1 Å². The molecular formula is C17H20F6O8S. The van der Waals surface area contributed by atoms with Crippen molar-refractivity contribution in [3.05, 3.63) is 0 Å². The molecule has 4 bridgehead atoms. The third kappa shape index (κ3) is 4.06. The third-order valence-electron chi connectivity index (χ3n) is 6.48. The van der Waals surface area contributed by atoms with Crippen molar-refractivity contribution in [1.29, 1.82) is 0 Å². The summed E-state index contributed by atoms with van der Waals surface area (Å²) in [6, 6.07) is 0. The maximum absolute atomic E-state index is 13.0. The lowest BCUT2D eigenvalue weighted by Gasteiger charge is -2.59. The van der Waals surface area contributed by atoms with Gasteiger partial charge in [0.15, 0.2) is 6.61 Å². The maximum atomic E-state index is 13.0. The van der Waals surface area contributed by atoms with E-state index >= 15 is 0 Å².